The van der Waals surface area contributed by atoms with Gasteiger partial charge < -0.3 is 14.8 Å². The van der Waals surface area contributed by atoms with Gasteiger partial charge >= 0.3 is 12.7 Å². The van der Waals surface area contributed by atoms with Gasteiger partial charge in [-0.05, 0) is 42.5 Å². The summed E-state index contributed by atoms with van der Waals surface area (Å²) in [6, 6.07) is 12.1. The summed E-state index contributed by atoms with van der Waals surface area (Å²) in [5, 5.41) is 2.69. The molecule has 8 heteroatoms. The summed E-state index contributed by atoms with van der Waals surface area (Å²) in [5.41, 5.74) is 1.39. The Morgan fingerprint density at radius 2 is 1.96 bits per heavy atom. The number of alkyl halides is 2. The fourth-order valence-corrected chi connectivity index (χ4v) is 2.37. The van der Waals surface area contributed by atoms with Crippen LogP contribution in [0.1, 0.15) is 10.4 Å². The van der Waals surface area contributed by atoms with Crippen molar-refractivity contribution in [2.24, 2.45) is 0 Å². The molecule has 0 radical (unpaired) electrons. The molecule has 0 saturated carbocycles. The average molecular weight is 348 g/mol. The van der Waals surface area contributed by atoms with Crippen molar-refractivity contribution in [1.29, 1.82) is 0 Å². The third-order valence-electron chi connectivity index (χ3n) is 3.52. The van der Waals surface area contributed by atoms with E-state index in [0.29, 0.717) is 24.5 Å². The summed E-state index contributed by atoms with van der Waals surface area (Å²) >= 11 is 0. The summed E-state index contributed by atoms with van der Waals surface area (Å²) in [6.45, 7) is -2.15. The molecule has 0 bridgehead atoms. The summed E-state index contributed by atoms with van der Waals surface area (Å²) in [5.74, 6) is -0.439. The monoisotopic (exact) mass is 348 g/mol. The molecular formula is C17H14F2N2O4. The number of halogens is 2. The van der Waals surface area contributed by atoms with Gasteiger partial charge in [-0.25, -0.2) is 4.79 Å². The molecule has 2 amide bonds. The van der Waals surface area contributed by atoms with E-state index in [1.165, 1.54) is 29.2 Å². The molecule has 0 atom stereocenters. The second kappa shape index (κ2) is 7.16. The van der Waals surface area contributed by atoms with Crippen LogP contribution in [-0.4, -0.2) is 31.8 Å². The number of cyclic esters (lactones) is 1. The number of rotatable bonds is 5. The second-order valence-corrected chi connectivity index (χ2v) is 5.17. The maximum atomic E-state index is 12.2. The van der Waals surface area contributed by atoms with Crippen molar-refractivity contribution in [3.63, 3.8) is 0 Å². The third-order valence-corrected chi connectivity index (χ3v) is 3.52. The summed E-state index contributed by atoms with van der Waals surface area (Å²) in [7, 11) is 0. The molecule has 25 heavy (non-hydrogen) atoms. The fourth-order valence-electron chi connectivity index (χ4n) is 2.37. The van der Waals surface area contributed by atoms with Gasteiger partial charge in [0.1, 0.15) is 12.4 Å². The Morgan fingerprint density at radius 3 is 2.60 bits per heavy atom. The summed E-state index contributed by atoms with van der Waals surface area (Å²) in [6.07, 6.45) is -0.432. The van der Waals surface area contributed by atoms with Gasteiger partial charge in [-0.3, -0.25) is 9.69 Å². The molecule has 0 unspecified atom stereocenters. The van der Waals surface area contributed by atoms with E-state index in [4.69, 9.17) is 4.74 Å². The van der Waals surface area contributed by atoms with Crippen molar-refractivity contribution in [3.8, 4) is 5.75 Å². The zero-order valence-corrected chi connectivity index (χ0v) is 12.9. The van der Waals surface area contributed by atoms with Gasteiger partial charge in [0.2, 0.25) is 0 Å². The molecule has 1 aliphatic rings. The number of benzene rings is 2. The molecule has 2 aromatic carbocycles. The highest BCUT2D eigenvalue weighted by Crippen LogP contribution is 2.23. The Balaban J connectivity index is 1.69. The zero-order chi connectivity index (χ0) is 17.8. The van der Waals surface area contributed by atoms with E-state index < -0.39 is 18.6 Å². The van der Waals surface area contributed by atoms with Crippen molar-refractivity contribution in [1.82, 2.24) is 0 Å². The molecule has 1 heterocycles. The van der Waals surface area contributed by atoms with Crippen LogP contribution >= 0.6 is 0 Å². The van der Waals surface area contributed by atoms with Crippen LogP contribution in [0.4, 0.5) is 25.0 Å². The van der Waals surface area contributed by atoms with Crippen LogP contribution in [0.5, 0.6) is 5.75 Å². The number of carbonyl (C=O) groups excluding carboxylic acids is 2. The van der Waals surface area contributed by atoms with Crippen molar-refractivity contribution in [3.05, 3.63) is 54.1 Å². The number of hydrogen-bond donors (Lipinski definition) is 1. The number of nitrogens with one attached hydrogen (secondary N) is 1. The zero-order valence-electron chi connectivity index (χ0n) is 12.9. The van der Waals surface area contributed by atoms with E-state index in [-0.39, 0.29) is 11.3 Å². The molecule has 1 saturated heterocycles. The number of anilines is 2. The number of ether oxygens (including phenoxy) is 2. The quantitative estimate of drug-likeness (QED) is 0.898. The summed E-state index contributed by atoms with van der Waals surface area (Å²) in [4.78, 5) is 25.3. The van der Waals surface area contributed by atoms with E-state index in [2.05, 4.69) is 10.1 Å². The average Bonchev–Trinajstić information content (AvgIpc) is 3.01. The topological polar surface area (TPSA) is 67.9 Å². The lowest BCUT2D eigenvalue weighted by atomic mass is 10.2. The number of carbonyl (C=O) groups is 2. The predicted molar refractivity (Wildman–Crippen MR) is 86.2 cm³/mol. The molecule has 2 aromatic rings. The first-order valence-corrected chi connectivity index (χ1v) is 7.43. The van der Waals surface area contributed by atoms with Crippen LogP contribution in [0.2, 0.25) is 0 Å². The molecule has 1 fully saturated rings. The van der Waals surface area contributed by atoms with E-state index in [1.807, 2.05) is 0 Å². The minimum absolute atomic E-state index is 0.0268. The van der Waals surface area contributed by atoms with Gasteiger partial charge in [-0.2, -0.15) is 8.78 Å². The number of nitrogens with zero attached hydrogens (tertiary/aromatic N) is 1. The minimum atomic E-state index is -2.92. The van der Waals surface area contributed by atoms with Crippen LogP contribution in [0.3, 0.4) is 0 Å². The predicted octanol–water partition coefficient (Wildman–Crippen LogP) is 3.50. The first-order chi connectivity index (χ1) is 12.0. The van der Waals surface area contributed by atoms with Crippen molar-refractivity contribution >= 4 is 23.4 Å². The van der Waals surface area contributed by atoms with Crippen molar-refractivity contribution in [2.75, 3.05) is 23.4 Å². The number of amides is 2. The lowest BCUT2D eigenvalue weighted by Gasteiger charge is -2.14. The minimum Gasteiger partial charge on any atom is -0.447 e. The van der Waals surface area contributed by atoms with Crippen molar-refractivity contribution < 1.29 is 27.8 Å². The van der Waals surface area contributed by atoms with Crippen LogP contribution in [0.15, 0.2) is 48.5 Å². The molecule has 0 spiro atoms. The van der Waals surface area contributed by atoms with E-state index in [9.17, 15) is 18.4 Å². The fraction of sp³-hybridized carbons (Fsp3) is 0.176. The van der Waals surface area contributed by atoms with Crippen LogP contribution in [-0.2, 0) is 4.74 Å². The lowest BCUT2D eigenvalue weighted by molar-refractivity contribution is -0.0498. The second-order valence-electron chi connectivity index (χ2n) is 5.17. The molecule has 1 N–H and O–H groups in total. The van der Waals surface area contributed by atoms with Crippen molar-refractivity contribution in [2.45, 2.75) is 6.61 Å². The molecule has 6 nitrogen and oxygen atoms in total. The van der Waals surface area contributed by atoms with E-state index in [0.717, 1.165) is 0 Å². The highest BCUT2D eigenvalue weighted by atomic mass is 19.3. The smallest absolute Gasteiger partial charge is 0.414 e. The van der Waals surface area contributed by atoms with Gasteiger partial charge in [0.05, 0.1) is 6.54 Å². The Labute approximate surface area is 141 Å². The largest absolute Gasteiger partial charge is 0.447 e. The highest BCUT2D eigenvalue weighted by molar-refractivity contribution is 6.04. The Kier molecular flexibility index (Phi) is 4.78. The van der Waals surface area contributed by atoms with E-state index >= 15 is 0 Å². The third kappa shape index (κ3) is 4.03. The van der Waals surface area contributed by atoms with Crippen LogP contribution in [0.25, 0.3) is 0 Å². The first-order valence-electron chi connectivity index (χ1n) is 7.43. The van der Waals surface area contributed by atoms with E-state index in [1.54, 1.807) is 24.3 Å². The van der Waals surface area contributed by atoms with Gasteiger partial charge in [0.15, 0.2) is 0 Å². The lowest BCUT2D eigenvalue weighted by Crippen LogP contribution is -2.23. The van der Waals surface area contributed by atoms with Crippen LogP contribution < -0.4 is 15.0 Å². The van der Waals surface area contributed by atoms with Gasteiger partial charge in [0.25, 0.3) is 5.91 Å². The molecular weight excluding hydrogens is 334 g/mol. The molecule has 0 aromatic heterocycles. The molecule has 1 aliphatic heterocycles. The maximum Gasteiger partial charge on any atom is 0.414 e. The number of hydrogen-bond acceptors (Lipinski definition) is 4. The maximum absolute atomic E-state index is 12.2. The Hall–Kier alpha value is -3.16. The highest BCUT2D eigenvalue weighted by Gasteiger charge is 2.23. The van der Waals surface area contributed by atoms with Gasteiger partial charge in [-0.15, -0.1) is 0 Å². The first kappa shape index (κ1) is 16.7. The van der Waals surface area contributed by atoms with Gasteiger partial charge in [0, 0.05) is 16.9 Å². The summed E-state index contributed by atoms with van der Waals surface area (Å²) < 4.78 is 33.4. The van der Waals surface area contributed by atoms with Crippen LogP contribution in [0, 0.1) is 0 Å². The normalized spacial score (nSPS) is 13.7. The SMILES string of the molecule is O=C(Nc1cccc(N2CCOC2=O)c1)c1ccc(OC(F)F)cc1. The molecule has 0 aliphatic carbocycles. The molecule has 3 rings (SSSR count). The van der Waals surface area contributed by atoms with Gasteiger partial charge in [-0.1, -0.05) is 6.07 Å². The Morgan fingerprint density at radius 1 is 1.20 bits per heavy atom. The standard InChI is InChI=1S/C17H14F2N2O4/c18-16(19)25-14-6-4-11(5-7-14)15(22)20-12-2-1-3-13(10-12)21-8-9-24-17(21)23/h1-7,10,16H,8-9H2,(H,20,22). The Bertz CT molecular complexity index is 780. The molecule has 130 valence electrons.